The van der Waals surface area contributed by atoms with Crippen LogP contribution in [-0.2, 0) is 12.8 Å². The van der Waals surface area contributed by atoms with E-state index in [-0.39, 0.29) is 5.78 Å². The van der Waals surface area contributed by atoms with Crippen LogP contribution in [0.1, 0.15) is 43.7 Å². The average Bonchev–Trinajstić information content (AvgIpc) is 3.08. The molecule has 19 heavy (non-hydrogen) atoms. The molecule has 1 unspecified atom stereocenters. The third-order valence-electron chi connectivity index (χ3n) is 3.46. The van der Waals surface area contributed by atoms with Crippen molar-refractivity contribution in [3.63, 3.8) is 0 Å². The summed E-state index contributed by atoms with van der Waals surface area (Å²) in [5.41, 5.74) is 1.32. The number of carbonyl (C=O) groups is 1. The Morgan fingerprint density at radius 2 is 2.21 bits per heavy atom. The van der Waals surface area contributed by atoms with Crippen molar-refractivity contribution >= 4 is 28.5 Å². The first-order valence-corrected chi connectivity index (χ1v) is 8.08. The summed E-state index contributed by atoms with van der Waals surface area (Å²) < 4.78 is 0. The monoisotopic (exact) mass is 287 g/mol. The van der Waals surface area contributed by atoms with Gasteiger partial charge in [-0.1, -0.05) is 6.07 Å². The maximum Gasteiger partial charge on any atom is 0.195 e. The van der Waals surface area contributed by atoms with Crippen LogP contribution in [-0.4, -0.2) is 5.78 Å². The van der Waals surface area contributed by atoms with Crippen molar-refractivity contribution in [1.82, 2.24) is 0 Å². The van der Waals surface area contributed by atoms with Crippen molar-refractivity contribution < 1.29 is 4.79 Å². The minimum atomic E-state index is -0.639. The molecule has 96 valence electrons. The summed E-state index contributed by atoms with van der Waals surface area (Å²) in [4.78, 5) is 15.4. The molecular formula is C15H13NOS2. The standard InChI is InChI=1S/C15H13NOS2/c16-9-11(13-6-3-7-18-13)15(17)14-8-10-4-1-2-5-12(10)19-14/h3,6-8,11H,1-2,4-5H2. The third kappa shape index (κ3) is 2.36. The van der Waals surface area contributed by atoms with Gasteiger partial charge in [-0.2, -0.15) is 5.26 Å². The summed E-state index contributed by atoms with van der Waals surface area (Å²) in [7, 11) is 0. The number of nitrogens with zero attached hydrogens (tertiary/aromatic N) is 1. The van der Waals surface area contributed by atoms with Crippen LogP contribution in [0.5, 0.6) is 0 Å². The lowest BCUT2D eigenvalue weighted by Gasteiger charge is -2.08. The highest BCUT2D eigenvalue weighted by atomic mass is 32.1. The van der Waals surface area contributed by atoms with E-state index in [4.69, 9.17) is 0 Å². The zero-order valence-corrected chi connectivity index (χ0v) is 12.0. The van der Waals surface area contributed by atoms with Crippen molar-refractivity contribution in [2.75, 3.05) is 0 Å². The molecule has 0 bridgehead atoms. The largest absolute Gasteiger partial charge is 0.291 e. The Morgan fingerprint density at radius 3 is 2.89 bits per heavy atom. The minimum absolute atomic E-state index is 0.0376. The zero-order valence-electron chi connectivity index (χ0n) is 10.4. The molecule has 1 aliphatic rings. The maximum absolute atomic E-state index is 12.5. The molecule has 0 N–H and O–H groups in total. The lowest BCUT2D eigenvalue weighted by Crippen LogP contribution is -2.08. The number of aryl methyl sites for hydroxylation is 2. The summed E-state index contributed by atoms with van der Waals surface area (Å²) in [5.74, 6) is -0.676. The number of rotatable bonds is 3. The fourth-order valence-electron chi connectivity index (χ4n) is 2.46. The number of ketones is 1. The molecule has 0 fully saturated rings. The molecule has 0 radical (unpaired) electrons. The van der Waals surface area contributed by atoms with Crippen LogP contribution in [0.25, 0.3) is 0 Å². The molecule has 2 aromatic heterocycles. The lowest BCUT2D eigenvalue weighted by molar-refractivity contribution is 0.0984. The first-order chi connectivity index (χ1) is 9.29. The molecule has 0 aliphatic heterocycles. The fraction of sp³-hybridized carbons (Fsp3) is 0.333. The molecule has 0 saturated heterocycles. The van der Waals surface area contributed by atoms with Crippen LogP contribution in [0.4, 0.5) is 0 Å². The second-order valence-electron chi connectivity index (χ2n) is 4.71. The Bertz CT molecular complexity index is 610. The molecule has 3 rings (SSSR count). The lowest BCUT2D eigenvalue weighted by atomic mass is 9.97. The molecule has 1 aliphatic carbocycles. The number of fused-ring (bicyclic) bond motifs is 1. The van der Waals surface area contributed by atoms with E-state index < -0.39 is 5.92 Å². The Morgan fingerprint density at radius 1 is 1.37 bits per heavy atom. The zero-order chi connectivity index (χ0) is 13.2. The van der Waals surface area contributed by atoms with Gasteiger partial charge in [0.05, 0.1) is 10.9 Å². The van der Waals surface area contributed by atoms with Gasteiger partial charge in [-0.15, -0.1) is 22.7 Å². The van der Waals surface area contributed by atoms with Crippen LogP contribution >= 0.6 is 22.7 Å². The van der Waals surface area contributed by atoms with Gasteiger partial charge in [-0.05, 0) is 48.8 Å². The predicted octanol–water partition coefficient (Wildman–Crippen LogP) is 4.18. The van der Waals surface area contributed by atoms with E-state index in [2.05, 4.69) is 6.07 Å². The van der Waals surface area contributed by atoms with Crippen molar-refractivity contribution in [2.45, 2.75) is 31.6 Å². The highest BCUT2D eigenvalue weighted by Crippen LogP contribution is 2.33. The highest BCUT2D eigenvalue weighted by Gasteiger charge is 2.26. The first-order valence-electron chi connectivity index (χ1n) is 6.38. The van der Waals surface area contributed by atoms with Gasteiger partial charge in [0.25, 0.3) is 0 Å². The molecule has 2 heterocycles. The Hall–Kier alpha value is -1.44. The number of carbonyl (C=O) groups excluding carboxylic acids is 1. The molecule has 1 atom stereocenters. The first kappa shape index (κ1) is 12.6. The summed E-state index contributed by atoms with van der Waals surface area (Å²) in [6.07, 6.45) is 4.59. The summed E-state index contributed by atoms with van der Waals surface area (Å²) in [6.45, 7) is 0. The van der Waals surface area contributed by atoms with Gasteiger partial charge < -0.3 is 0 Å². The van der Waals surface area contributed by atoms with Gasteiger partial charge in [0, 0.05) is 9.75 Å². The maximum atomic E-state index is 12.5. The number of nitriles is 1. The van der Waals surface area contributed by atoms with E-state index in [0.29, 0.717) is 0 Å². The second-order valence-corrected chi connectivity index (χ2v) is 6.82. The average molecular weight is 287 g/mol. The van der Waals surface area contributed by atoms with E-state index in [1.54, 1.807) is 11.3 Å². The van der Waals surface area contributed by atoms with Gasteiger partial charge >= 0.3 is 0 Å². The summed E-state index contributed by atoms with van der Waals surface area (Å²) >= 11 is 3.06. The minimum Gasteiger partial charge on any atom is -0.291 e. The van der Waals surface area contributed by atoms with Crippen LogP contribution in [0.15, 0.2) is 23.6 Å². The SMILES string of the molecule is N#CC(C(=O)c1cc2c(s1)CCCC2)c1cccs1. The summed E-state index contributed by atoms with van der Waals surface area (Å²) in [5, 5.41) is 11.2. The molecular weight excluding hydrogens is 274 g/mol. The van der Waals surface area contributed by atoms with Gasteiger partial charge in [0.2, 0.25) is 0 Å². The van der Waals surface area contributed by atoms with Crippen LogP contribution in [0, 0.1) is 11.3 Å². The van der Waals surface area contributed by atoms with E-state index in [1.165, 1.54) is 34.6 Å². The topological polar surface area (TPSA) is 40.9 Å². The van der Waals surface area contributed by atoms with Crippen LogP contribution in [0.2, 0.25) is 0 Å². The van der Waals surface area contributed by atoms with Crippen molar-refractivity contribution in [2.24, 2.45) is 0 Å². The third-order valence-corrected chi connectivity index (χ3v) is 5.65. The number of thiophene rings is 2. The van der Waals surface area contributed by atoms with Gasteiger partial charge in [0.15, 0.2) is 5.78 Å². The molecule has 0 saturated carbocycles. The highest BCUT2D eigenvalue weighted by molar-refractivity contribution is 7.14. The van der Waals surface area contributed by atoms with E-state index >= 15 is 0 Å². The molecule has 2 nitrogen and oxygen atoms in total. The normalized spacial score (nSPS) is 15.5. The second kappa shape index (κ2) is 5.28. The number of hydrogen-bond donors (Lipinski definition) is 0. The molecule has 0 amide bonds. The van der Waals surface area contributed by atoms with E-state index in [1.807, 2.05) is 23.6 Å². The molecule has 0 spiro atoms. The Kier molecular flexibility index (Phi) is 3.50. The van der Waals surface area contributed by atoms with Gasteiger partial charge in [0.1, 0.15) is 5.92 Å². The molecule has 2 aromatic rings. The van der Waals surface area contributed by atoms with E-state index in [0.717, 1.165) is 22.6 Å². The van der Waals surface area contributed by atoms with E-state index in [9.17, 15) is 10.1 Å². The Balaban J connectivity index is 1.91. The van der Waals surface area contributed by atoms with Crippen LogP contribution < -0.4 is 0 Å². The fourth-order valence-corrected chi connectivity index (χ4v) is 4.45. The van der Waals surface area contributed by atoms with Crippen molar-refractivity contribution in [3.8, 4) is 6.07 Å². The van der Waals surface area contributed by atoms with Gasteiger partial charge in [-0.25, -0.2) is 0 Å². The molecule has 4 heteroatoms. The van der Waals surface area contributed by atoms with Crippen LogP contribution in [0.3, 0.4) is 0 Å². The Labute approximate surface area is 120 Å². The summed E-state index contributed by atoms with van der Waals surface area (Å²) in [6, 6.07) is 7.91. The van der Waals surface area contributed by atoms with Crippen molar-refractivity contribution in [3.05, 3.63) is 43.8 Å². The predicted molar refractivity (Wildman–Crippen MR) is 78.0 cm³/mol. The number of Topliss-reactive ketones (excluding diaryl/α,β-unsaturated/α-hetero) is 1. The smallest absolute Gasteiger partial charge is 0.195 e. The number of hydrogen-bond acceptors (Lipinski definition) is 4. The van der Waals surface area contributed by atoms with Gasteiger partial charge in [-0.3, -0.25) is 4.79 Å². The quantitative estimate of drug-likeness (QED) is 0.795. The van der Waals surface area contributed by atoms with Crippen molar-refractivity contribution in [1.29, 1.82) is 5.26 Å². The molecule has 0 aromatic carbocycles.